The quantitative estimate of drug-likeness (QED) is 0.387. The van der Waals surface area contributed by atoms with Crippen molar-refractivity contribution in [3.63, 3.8) is 0 Å². The van der Waals surface area contributed by atoms with Gasteiger partial charge in [0.25, 0.3) is 5.69 Å². The Morgan fingerprint density at radius 2 is 2.07 bits per heavy atom. The topological polar surface area (TPSA) is 119 Å². The second-order valence-electron chi connectivity index (χ2n) is 6.17. The minimum absolute atomic E-state index is 0.0116. The Morgan fingerprint density at radius 1 is 1.29 bits per heavy atom. The fourth-order valence-electron chi connectivity index (χ4n) is 3.02. The molecule has 142 valence electrons. The Morgan fingerprint density at radius 3 is 2.89 bits per heavy atom. The van der Waals surface area contributed by atoms with Crippen molar-refractivity contribution in [2.75, 3.05) is 6.79 Å². The number of ether oxygens (including phenoxy) is 2. The smallest absolute Gasteiger partial charge is 0.282 e. The van der Waals surface area contributed by atoms with Crippen molar-refractivity contribution in [1.29, 1.82) is 0 Å². The molecule has 0 radical (unpaired) electrons. The number of aromatic amines is 1. The number of para-hydroxylation sites is 1. The molecule has 2 heterocycles. The summed E-state index contributed by atoms with van der Waals surface area (Å²) < 4.78 is 10.4. The van der Waals surface area contributed by atoms with Crippen molar-refractivity contribution in [3.05, 3.63) is 63.8 Å². The molecule has 0 saturated carbocycles. The highest BCUT2D eigenvalue weighted by Crippen LogP contribution is 2.37. The fourth-order valence-corrected chi connectivity index (χ4v) is 3.02. The number of amides is 1. The van der Waals surface area contributed by atoms with Crippen LogP contribution in [0.4, 0.5) is 5.69 Å². The van der Waals surface area contributed by atoms with Crippen molar-refractivity contribution in [3.8, 4) is 11.5 Å². The van der Waals surface area contributed by atoms with E-state index in [-0.39, 0.29) is 30.4 Å². The molecule has 2 N–H and O–H groups in total. The predicted molar refractivity (Wildman–Crippen MR) is 102 cm³/mol. The lowest BCUT2D eigenvalue weighted by Gasteiger charge is -2.02. The SMILES string of the molecule is O=C(CCc1c[nH]c2ccccc12)NN=Cc1cc2c(cc1[N+](=O)[O-])OCO2. The first kappa shape index (κ1) is 17.5. The van der Waals surface area contributed by atoms with E-state index in [0.717, 1.165) is 16.5 Å². The molecule has 4 rings (SSSR count). The Bertz CT molecular complexity index is 1090. The molecule has 0 aliphatic carbocycles. The first-order valence-corrected chi connectivity index (χ1v) is 8.57. The molecule has 9 heteroatoms. The number of rotatable bonds is 6. The zero-order valence-electron chi connectivity index (χ0n) is 14.7. The van der Waals surface area contributed by atoms with Crippen LogP contribution >= 0.6 is 0 Å². The molecule has 0 fully saturated rings. The average Bonchev–Trinajstić information content (AvgIpc) is 3.32. The van der Waals surface area contributed by atoms with E-state index in [1.165, 1.54) is 18.3 Å². The molecule has 9 nitrogen and oxygen atoms in total. The Balaban J connectivity index is 1.39. The average molecular weight is 380 g/mol. The minimum atomic E-state index is -0.540. The summed E-state index contributed by atoms with van der Waals surface area (Å²) >= 11 is 0. The van der Waals surface area contributed by atoms with Gasteiger partial charge in [0.1, 0.15) is 0 Å². The second-order valence-corrected chi connectivity index (χ2v) is 6.17. The van der Waals surface area contributed by atoms with Gasteiger partial charge in [0, 0.05) is 23.5 Å². The van der Waals surface area contributed by atoms with Gasteiger partial charge in [-0.1, -0.05) is 18.2 Å². The van der Waals surface area contributed by atoms with Crippen LogP contribution in [-0.4, -0.2) is 28.8 Å². The lowest BCUT2D eigenvalue weighted by molar-refractivity contribution is -0.385. The van der Waals surface area contributed by atoms with Crippen LogP contribution in [0.1, 0.15) is 17.5 Å². The monoisotopic (exact) mass is 380 g/mol. The van der Waals surface area contributed by atoms with Crippen LogP contribution in [0.25, 0.3) is 10.9 Å². The van der Waals surface area contributed by atoms with E-state index in [9.17, 15) is 14.9 Å². The molecule has 1 aliphatic rings. The number of aryl methyl sites for hydroxylation is 1. The number of nitrogens with one attached hydrogen (secondary N) is 2. The Hall–Kier alpha value is -3.88. The maximum Gasteiger partial charge on any atom is 0.282 e. The normalized spacial score (nSPS) is 12.6. The number of carbonyl (C=O) groups is 1. The van der Waals surface area contributed by atoms with Crippen LogP contribution in [0.2, 0.25) is 0 Å². The summed E-state index contributed by atoms with van der Waals surface area (Å²) in [5.41, 5.74) is 4.50. The summed E-state index contributed by atoms with van der Waals surface area (Å²) in [7, 11) is 0. The van der Waals surface area contributed by atoms with Gasteiger partial charge in [-0.05, 0) is 24.1 Å². The van der Waals surface area contributed by atoms with Gasteiger partial charge in [0.2, 0.25) is 12.7 Å². The lowest BCUT2D eigenvalue weighted by atomic mass is 10.1. The molecule has 1 aliphatic heterocycles. The third-order valence-electron chi connectivity index (χ3n) is 4.41. The minimum Gasteiger partial charge on any atom is -0.454 e. The van der Waals surface area contributed by atoms with Crippen LogP contribution in [0.15, 0.2) is 47.7 Å². The van der Waals surface area contributed by atoms with Crippen LogP contribution in [0.3, 0.4) is 0 Å². The predicted octanol–water partition coefficient (Wildman–Crippen LogP) is 2.89. The van der Waals surface area contributed by atoms with E-state index in [4.69, 9.17) is 9.47 Å². The van der Waals surface area contributed by atoms with E-state index in [1.807, 2.05) is 30.5 Å². The van der Waals surface area contributed by atoms with Crippen LogP contribution < -0.4 is 14.9 Å². The summed E-state index contributed by atoms with van der Waals surface area (Å²) in [6.45, 7) is 0.0116. The number of hydrogen-bond acceptors (Lipinski definition) is 6. The molecule has 1 aromatic heterocycles. The van der Waals surface area contributed by atoms with E-state index >= 15 is 0 Å². The van der Waals surface area contributed by atoms with Crippen molar-refractivity contribution in [2.24, 2.45) is 5.10 Å². The number of hydrogen-bond donors (Lipinski definition) is 2. The first-order chi connectivity index (χ1) is 13.6. The fraction of sp³-hybridized carbons (Fsp3) is 0.158. The number of benzene rings is 2. The van der Waals surface area contributed by atoms with Crippen LogP contribution in [0, 0.1) is 10.1 Å². The maximum absolute atomic E-state index is 12.1. The number of fused-ring (bicyclic) bond motifs is 2. The standard InChI is InChI=1S/C19H16N4O5/c24-19(6-5-12-9-20-15-4-2-1-3-14(12)15)22-21-10-13-7-17-18(28-11-27-17)8-16(13)23(25)26/h1-4,7-10,20H,5-6,11H2,(H,22,24). The molecular weight excluding hydrogens is 364 g/mol. The summed E-state index contributed by atoms with van der Waals surface area (Å²) in [5, 5.41) is 16.1. The third-order valence-corrected chi connectivity index (χ3v) is 4.41. The molecule has 0 saturated heterocycles. The molecule has 3 aromatic rings. The zero-order chi connectivity index (χ0) is 19.5. The van der Waals surface area contributed by atoms with Gasteiger partial charge < -0.3 is 14.5 Å². The van der Waals surface area contributed by atoms with Crippen molar-refractivity contribution < 1.29 is 19.2 Å². The molecule has 28 heavy (non-hydrogen) atoms. The van der Waals surface area contributed by atoms with Crippen molar-refractivity contribution in [2.45, 2.75) is 12.8 Å². The van der Waals surface area contributed by atoms with Gasteiger partial charge in [-0.25, -0.2) is 5.43 Å². The summed E-state index contributed by atoms with van der Waals surface area (Å²) in [6, 6.07) is 10.6. The van der Waals surface area contributed by atoms with E-state index in [2.05, 4.69) is 15.5 Å². The third kappa shape index (κ3) is 3.50. The van der Waals surface area contributed by atoms with Crippen LogP contribution in [-0.2, 0) is 11.2 Å². The molecular formula is C19H16N4O5. The molecule has 2 aromatic carbocycles. The number of carbonyl (C=O) groups excluding carboxylic acids is 1. The zero-order valence-corrected chi connectivity index (χ0v) is 14.7. The van der Waals surface area contributed by atoms with E-state index < -0.39 is 4.92 Å². The van der Waals surface area contributed by atoms with Crippen LogP contribution in [0.5, 0.6) is 11.5 Å². The van der Waals surface area contributed by atoms with Gasteiger partial charge in [-0.3, -0.25) is 14.9 Å². The van der Waals surface area contributed by atoms with E-state index in [1.54, 1.807) is 0 Å². The number of aromatic nitrogens is 1. The summed E-state index contributed by atoms with van der Waals surface area (Å²) in [5.74, 6) is 0.425. The summed E-state index contributed by atoms with van der Waals surface area (Å²) in [4.78, 5) is 25.9. The number of nitro groups is 1. The van der Waals surface area contributed by atoms with Gasteiger partial charge in [-0.15, -0.1) is 0 Å². The lowest BCUT2D eigenvalue weighted by Crippen LogP contribution is -2.18. The first-order valence-electron chi connectivity index (χ1n) is 8.57. The highest BCUT2D eigenvalue weighted by atomic mass is 16.7. The Labute approximate surface area is 159 Å². The number of hydrazone groups is 1. The van der Waals surface area contributed by atoms with Crippen molar-refractivity contribution in [1.82, 2.24) is 10.4 Å². The molecule has 1 amide bonds. The number of nitrogens with zero attached hydrogens (tertiary/aromatic N) is 2. The molecule has 0 unspecified atom stereocenters. The maximum atomic E-state index is 12.1. The molecule has 0 spiro atoms. The molecule has 0 bridgehead atoms. The number of nitro benzene ring substituents is 1. The number of H-pyrrole nitrogens is 1. The Kier molecular flexibility index (Phi) is 4.63. The van der Waals surface area contributed by atoms with Gasteiger partial charge in [0.15, 0.2) is 11.5 Å². The van der Waals surface area contributed by atoms with E-state index in [0.29, 0.717) is 17.9 Å². The molecule has 0 atom stereocenters. The van der Waals surface area contributed by atoms with Gasteiger partial charge in [0.05, 0.1) is 22.8 Å². The highest BCUT2D eigenvalue weighted by molar-refractivity contribution is 5.88. The van der Waals surface area contributed by atoms with Crippen molar-refractivity contribution >= 4 is 28.7 Å². The van der Waals surface area contributed by atoms with Gasteiger partial charge in [-0.2, -0.15) is 5.10 Å². The summed E-state index contributed by atoms with van der Waals surface area (Å²) in [6.07, 6.45) is 3.90. The van der Waals surface area contributed by atoms with Gasteiger partial charge >= 0.3 is 0 Å². The largest absolute Gasteiger partial charge is 0.454 e. The second kappa shape index (κ2) is 7.39. The highest BCUT2D eigenvalue weighted by Gasteiger charge is 2.22.